The molecule has 0 saturated carbocycles. The maximum absolute atomic E-state index is 11.2. The third kappa shape index (κ3) is 2.87. The summed E-state index contributed by atoms with van der Waals surface area (Å²) in [6, 6.07) is 1.87. The molecule has 0 atom stereocenters. The number of amides is 1. The Balaban J connectivity index is 2.41. The van der Waals surface area contributed by atoms with Gasteiger partial charge in [0.15, 0.2) is 0 Å². The fourth-order valence-corrected chi connectivity index (χ4v) is 0.984. The molecule has 0 saturated heterocycles. The molecule has 1 aromatic heterocycles. The van der Waals surface area contributed by atoms with Crippen LogP contribution < -0.4 is 11.1 Å². The summed E-state index contributed by atoms with van der Waals surface area (Å²) in [5.74, 6) is -0.0181. The maximum Gasteiger partial charge on any atom is 0.241 e. The van der Waals surface area contributed by atoms with E-state index in [0.717, 1.165) is 5.69 Å². The number of hydrogen-bond acceptors (Lipinski definition) is 2. The van der Waals surface area contributed by atoms with Crippen LogP contribution in [0.4, 0.5) is 0 Å². The van der Waals surface area contributed by atoms with Gasteiger partial charge in [0.25, 0.3) is 0 Å². The Labute approximate surface area is 76.9 Å². The van der Waals surface area contributed by atoms with Gasteiger partial charge in [-0.3, -0.25) is 9.48 Å². The molecule has 0 aliphatic heterocycles. The zero-order valence-corrected chi connectivity index (χ0v) is 7.79. The summed E-state index contributed by atoms with van der Waals surface area (Å²) >= 11 is 0. The number of aryl methyl sites for hydroxylation is 1. The van der Waals surface area contributed by atoms with Crippen LogP contribution in [0.1, 0.15) is 5.69 Å². The highest BCUT2D eigenvalue weighted by molar-refractivity contribution is 5.75. The Morgan fingerprint density at radius 1 is 1.77 bits per heavy atom. The minimum Gasteiger partial charge on any atom is -0.356 e. The van der Waals surface area contributed by atoms with Crippen LogP contribution in [0.3, 0.4) is 0 Å². The molecule has 0 fully saturated rings. The Kier molecular flexibility index (Phi) is 3.45. The highest BCUT2D eigenvalue weighted by Gasteiger charge is 2.03. The molecule has 1 rings (SSSR count). The summed E-state index contributed by atoms with van der Waals surface area (Å²) in [4.78, 5) is 11.2. The number of carbonyl (C=O) groups is 1. The molecule has 1 heterocycles. The average Bonchev–Trinajstić information content (AvgIpc) is 2.48. The zero-order chi connectivity index (χ0) is 9.68. The number of carbonyl (C=O) groups excluding carboxylic acids is 1. The lowest BCUT2D eigenvalue weighted by atomic mass is 10.4. The number of hydrogen-bond donors (Lipinski definition) is 2. The van der Waals surface area contributed by atoms with Gasteiger partial charge in [-0.2, -0.15) is 5.10 Å². The summed E-state index contributed by atoms with van der Waals surface area (Å²) < 4.78 is 1.67. The number of quaternary nitrogens is 1. The highest BCUT2D eigenvalue weighted by atomic mass is 16.2. The summed E-state index contributed by atoms with van der Waals surface area (Å²) in [7, 11) is 0. The molecule has 1 amide bonds. The van der Waals surface area contributed by atoms with Gasteiger partial charge in [0.2, 0.25) is 5.91 Å². The van der Waals surface area contributed by atoms with Gasteiger partial charge in [-0.05, 0) is 13.0 Å². The number of nitrogens with one attached hydrogen (secondary N) is 1. The molecular weight excluding hydrogens is 168 g/mol. The molecule has 0 aromatic carbocycles. The monoisotopic (exact) mass is 183 g/mol. The number of nitrogens with zero attached hydrogens (tertiary/aromatic N) is 2. The number of rotatable bonds is 4. The van der Waals surface area contributed by atoms with Crippen molar-refractivity contribution in [1.29, 1.82) is 0 Å². The lowest BCUT2D eigenvalue weighted by Gasteiger charge is -2.04. The molecule has 0 aliphatic carbocycles. The lowest BCUT2D eigenvalue weighted by molar-refractivity contribution is -0.364. The lowest BCUT2D eigenvalue weighted by Crippen LogP contribution is -2.55. The van der Waals surface area contributed by atoms with Crippen molar-refractivity contribution in [2.24, 2.45) is 0 Å². The van der Waals surface area contributed by atoms with E-state index in [1.54, 1.807) is 10.9 Å². The van der Waals surface area contributed by atoms with Crippen LogP contribution in [-0.4, -0.2) is 28.8 Å². The smallest absolute Gasteiger partial charge is 0.241 e. The van der Waals surface area contributed by atoms with Gasteiger partial charge in [0.05, 0.1) is 13.1 Å². The third-order valence-corrected chi connectivity index (χ3v) is 1.72. The first-order chi connectivity index (χ1) is 6.24. The second-order valence-electron chi connectivity index (χ2n) is 2.83. The molecule has 4 N–H and O–H groups in total. The normalized spacial score (nSPS) is 10.0. The Bertz CT molecular complexity index is 281. The van der Waals surface area contributed by atoms with Crippen LogP contribution in [-0.2, 0) is 11.3 Å². The molecule has 0 radical (unpaired) electrons. The Hall–Kier alpha value is -1.36. The van der Waals surface area contributed by atoms with E-state index in [4.69, 9.17) is 0 Å². The van der Waals surface area contributed by atoms with Gasteiger partial charge in [-0.1, -0.05) is 0 Å². The highest BCUT2D eigenvalue weighted by Crippen LogP contribution is 1.94. The first-order valence-corrected chi connectivity index (χ1v) is 4.28. The van der Waals surface area contributed by atoms with Crippen LogP contribution in [0.5, 0.6) is 0 Å². The van der Waals surface area contributed by atoms with Crippen molar-refractivity contribution in [3.8, 4) is 0 Å². The van der Waals surface area contributed by atoms with E-state index < -0.39 is 0 Å². The van der Waals surface area contributed by atoms with Crippen molar-refractivity contribution < 1.29 is 10.5 Å². The van der Waals surface area contributed by atoms with E-state index >= 15 is 0 Å². The standard InChI is InChI=1S/C8H14N4O/c1-7-2-4-11-12(7)6-8(13)10-5-3-9/h2,4H,3,5-6,9H2,1H3,(H,10,13)/p+1. The maximum atomic E-state index is 11.2. The molecule has 72 valence electrons. The summed E-state index contributed by atoms with van der Waals surface area (Å²) in [5, 5.41) is 6.74. The Morgan fingerprint density at radius 2 is 2.54 bits per heavy atom. The van der Waals surface area contributed by atoms with Gasteiger partial charge in [0, 0.05) is 11.9 Å². The summed E-state index contributed by atoms with van der Waals surface area (Å²) in [6.07, 6.45) is 1.68. The van der Waals surface area contributed by atoms with E-state index in [1.165, 1.54) is 0 Å². The van der Waals surface area contributed by atoms with Gasteiger partial charge in [-0.25, -0.2) is 0 Å². The van der Waals surface area contributed by atoms with Gasteiger partial charge >= 0.3 is 0 Å². The molecular formula is C8H15N4O+. The van der Waals surface area contributed by atoms with Crippen molar-refractivity contribution in [3.05, 3.63) is 18.0 Å². The quantitative estimate of drug-likeness (QED) is 0.599. The van der Waals surface area contributed by atoms with Crippen LogP contribution in [0.25, 0.3) is 0 Å². The predicted octanol–water partition coefficient (Wildman–Crippen LogP) is -1.45. The fourth-order valence-electron chi connectivity index (χ4n) is 0.984. The minimum atomic E-state index is -0.0181. The second kappa shape index (κ2) is 4.61. The van der Waals surface area contributed by atoms with E-state index in [2.05, 4.69) is 16.1 Å². The van der Waals surface area contributed by atoms with Gasteiger partial charge < -0.3 is 11.1 Å². The number of aromatic nitrogens is 2. The van der Waals surface area contributed by atoms with E-state index in [9.17, 15) is 4.79 Å². The first kappa shape index (κ1) is 9.73. The molecule has 0 bridgehead atoms. The fraction of sp³-hybridized carbons (Fsp3) is 0.500. The van der Waals surface area contributed by atoms with Crippen molar-refractivity contribution in [1.82, 2.24) is 15.1 Å². The predicted molar refractivity (Wildman–Crippen MR) is 47.7 cm³/mol. The van der Waals surface area contributed by atoms with Crippen LogP contribution in [0, 0.1) is 6.92 Å². The molecule has 0 spiro atoms. The molecule has 5 heteroatoms. The zero-order valence-electron chi connectivity index (χ0n) is 7.79. The van der Waals surface area contributed by atoms with Crippen molar-refractivity contribution >= 4 is 5.91 Å². The van der Waals surface area contributed by atoms with E-state index in [0.29, 0.717) is 19.6 Å². The minimum absolute atomic E-state index is 0.0181. The molecule has 0 unspecified atom stereocenters. The van der Waals surface area contributed by atoms with Crippen molar-refractivity contribution in [3.63, 3.8) is 0 Å². The SMILES string of the molecule is Cc1ccnn1CC(=O)NCC[NH3+]. The topological polar surface area (TPSA) is 74.6 Å². The van der Waals surface area contributed by atoms with E-state index in [1.807, 2.05) is 13.0 Å². The summed E-state index contributed by atoms with van der Waals surface area (Å²) in [5.41, 5.74) is 4.63. The average molecular weight is 183 g/mol. The summed E-state index contributed by atoms with van der Waals surface area (Å²) in [6.45, 7) is 3.55. The van der Waals surface area contributed by atoms with Gasteiger partial charge in [0.1, 0.15) is 6.54 Å². The molecule has 1 aromatic rings. The van der Waals surface area contributed by atoms with Crippen molar-refractivity contribution in [2.45, 2.75) is 13.5 Å². The third-order valence-electron chi connectivity index (χ3n) is 1.72. The van der Waals surface area contributed by atoms with Gasteiger partial charge in [-0.15, -0.1) is 0 Å². The molecule has 5 nitrogen and oxygen atoms in total. The molecule has 13 heavy (non-hydrogen) atoms. The second-order valence-corrected chi connectivity index (χ2v) is 2.83. The Morgan fingerprint density at radius 3 is 3.08 bits per heavy atom. The van der Waals surface area contributed by atoms with Crippen molar-refractivity contribution in [2.75, 3.05) is 13.1 Å². The largest absolute Gasteiger partial charge is 0.356 e. The van der Waals surface area contributed by atoms with Crippen LogP contribution in [0.2, 0.25) is 0 Å². The van der Waals surface area contributed by atoms with E-state index in [-0.39, 0.29) is 5.91 Å². The first-order valence-electron chi connectivity index (χ1n) is 4.28. The van der Waals surface area contributed by atoms with Crippen LogP contribution in [0.15, 0.2) is 12.3 Å². The molecule has 0 aliphatic rings. The van der Waals surface area contributed by atoms with Crippen LogP contribution >= 0.6 is 0 Å².